The van der Waals surface area contributed by atoms with Gasteiger partial charge < -0.3 is 14.8 Å². The number of ether oxygens (including phenoxy) is 2. The van der Waals surface area contributed by atoms with E-state index in [2.05, 4.69) is 10.4 Å². The van der Waals surface area contributed by atoms with Gasteiger partial charge in [-0.3, -0.25) is 14.4 Å². The smallest absolute Gasteiger partial charge is 0.262 e. The highest BCUT2D eigenvalue weighted by molar-refractivity contribution is 6.06. The summed E-state index contributed by atoms with van der Waals surface area (Å²) < 4.78 is 24.9. The molecule has 0 spiro atoms. The molecule has 4 atom stereocenters. The normalized spacial score (nSPS) is 24.3. The number of amides is 3. The fourth-order valence-electron chi connectivity index (χ4n) is 5.01. The van der Waals surface area contributed by atoms with Gasteiger partial charge in [-0.25, -0.2) is 4.39 Å². The molecule has 3 amide bonds. The van der Waals surface area contributed by atoms with Gasteiger partial charge in [0.1, 0.15) is 5.82 Å². The maximum Gasteiger partial charge on any atom is 0.262 e. The summed E-state index contributed by atoms with van der Waals surface area (Å²) in [6, 6.07) is 10.8. The summed E-state index contributed by atoms with van der Waals surface area (Å²) in [7, 11) is 0. The number of para-hydroxylation sites is 1. The standard InChI is InChI=1S/C26H24FN3O5/c1-2-34-21-11-15(7-10-20(21)35-14-22(31)29-19-6-4-3-5-18(19)27)13-28-30-25(32)23-16-8-9-17(12-16)24(23)26(30)33/h3-11,13,16-17,23-24H,2,12,14H2,1H3,(H,29,31)/t16-,17-,23-,24+/m0/s1. The van der Waals surface area contributed by atoms with Gasteiger partial charge in [0.25, 0.3) is 17.7 Å². The average Bonchev–Trinajstić information content (AvgIpc) is 3.53. The summed E-state index contributed by atoms with van der Waals surface area (Å²) in [6.45, 7) is 1.80. The minimum absolute atomic E-state index is 0.0663. The van der Waals surface area contributed by atoms with E-state index in [1.165, 1.54) is 24.4 Å². The monoisotopic (exact) mass is 477 g/mol. The third-order valence-corrected chi connectivity index (χ3v) is 6.54. The van der Waals surface area contributed by atoms with Crippen molar-refractivity contribution in [1.82, 2.24) is 5.01 Å². The minimum Gasteiger partial charge on any atom is -0.490 e. The van der Waals surface area contributed by atoms with Crippen LogP contribution in [-0.4, -0.2) is 42.2 Å². The van der Waals surface area contributed by atoms with Crippen LogP contribution >= 0.6 is 0 Å². The van der Waals surface area contributed by atoms with Gasteiger partial charge in [0.05, 0.1) is 30.3 Å². The number of carbonyl (C=O) groups excluding carboxylic acids is 3. The molecular weight excluding hydrogens is 453 g/mol. The zero-order valence-corrected chi connectivity index (χ0v) is 19.0. The maximum atomic E-state index is 13.7. The molecule has 2 bridgehead atoms. The van der Waals surface area contributed by atoms with Gasteiger partial charge in [-0.2, -0.15) is 10.1 Å². The van der Waals surface area contributed by atoms with Crippen LogP contribution in [0.1, 0.15) is 18.9 Å². The number of fused-ring (bicyclic) bond motifs is 5. The number of hydrogen-bond donors (Lipinski definition) is 1. The second-order valence-electron chi connectivity index (χ2n) is 8.69. The predicted molar refractivity (Wildman–Crippen MR) is 125 cm³/mol. The Morgan fingerprint density at radius 2 is 1.80 bits per heavy atom. The molecule has 1 saturated carbocycles. The van der Waals surface area contributed by atoms with Crippen LogP contribution in [0.25, 0.3) is 0 Å². The molecular formula is C26H24FN3O5. The van der Waals surface area contributed by atoms with Crippen molar-refractivity contribution in [2.75, 3.05) is 18.5 Å². The highest BCUT2D eigenvalue weighted by Crippen LogP contribution is 2.52. The first kappa shape index (κ1) is 22.8. The van der Waals surface area contributed by atoms with Crippen molar-refractivity contribution in [1.29, 1.82) is 0 Å². The van der Waals surface area contributed by atoms with E-state index in [-0.39, 0.29) is 47.8 Å². The molecule has 2 aliphatic carbocycles. The lowest BCUT2D eigenvalue weighted by molar-refractivity contribution is -0.140. The van der Waals surface area contributed by atoms with E-state index in [1.807, 2.05) is 12.2 Å². The largest absolute Gasteiger partial charge is 0.490 e. The minimum atomic E-state index is -0.540. The summed E-state index contributed by atoms with van der Waals surface area (Å²) in [6.07, 6.45) is 6.37. The van der Waals surface area contributed by atoms with Crippen LogP contribution in [-0.2, 0) is 14.4 Å². The number of nitrogens with one attached hydrogen (secondary N) is 1. The lowest BCUT2D eigenvalue weighted by Gasteiger charge is -2.13. The first-order valence-electron chi connectivity index (χ1n) is 11.5. The zero-order chi connectivity index (χ0) is 24.5. The Morgan fingerprint density at radius 3 is 2.49 bits per heavy atom. The second-order valence-corrected chi connectivity index (χ2v) is 8.69. The molecule has 5 rings (SSSR count). The maximum absolute atomic E-state index is 13.7. The number of hydrazone groups is 1. The Hall–Kier alpha value is -4.01. The summed E-state index contributed by atoms with van der Waals surface area (Å²) in [5.41, 5.74) is 0.659. The van der Waals surface area contributed by atoms with Crippen molar-refractivity contribution in [2.45, 2.75) is 13.3 Å². The second kappa shape index (κ2) is 9.32. The fourth-order valence-corrected chi connectivity index (χ4v) is 5.01. The molecule has 180 valence electrons. The fraction of sp³-hybridized carbons (Fsp3) is 0.308. The van der Waals surface area contributed by atoms with Gasteiger partial charge in [0, 0.05) is 0 Å². The van der Waals surface area contributed by atoms with Crippen molar-refractivity contribution in [3.8, 4) is 11.5 Å². The SMILES string of the molecule is CCOc1cc(C=NN2C(=O)[C@@H]3[C@H](C2=O)[C@H]2C=C[C@H]3C2)ccc1OCC(=O)Nc1ccccc1F. The summed E-state index contributed by atoms with van der Waals surface area (Å²) in [4.78, 5) is 37.7. The molecule has 3 aliphatic rings. The number of carbonyl (C=O) groups is 3. The predicted octanol–water partition coefficient (Wildman–Crippen LogP) is 3.38. The highest BCUT2D eigenvalue weighted by Gasteiger charge is 2.59. The van der Waals surface area contributed by atoms with E-state index >= 15 is 0 Å². The van der Waals surface area contributed by atoms with Crippen molar-refractivity contribution in [3.63, 3.8) is 0 Å². The van der Waals surface area contributed by atoms with Gasteiger partial charge in [0.2, 0.25) is 0 Å². The van der Waals surface area contributed by atoms with Crippen molar-refractivity contribution in [3.05, 3.63) is 66.0 Å². The number of halogens is 1. The van der Waals surface area contributed by atoms with E-state index in [9.17, 15) is 18.8 Å². The van der Waals surface area contributed by atoms with Gasteiger partial charge in [0.15, 0.2) is 18.1 Å². The molecule has 0 radical (unpaired) electrons. The van der Waals surface area contributed by atoms with Crippen LogP contribution in [0.3, 0.4) is 0 Å². The molecule has 2 fully saturated rings. The van der Waals surface area contributed by atoms with E-state index in [0.29, 0.717) is 23.7 Å². The molecule has 9 heteroatoms. The van der Waals surface area contributed by atoms with Crippen LogP contribution in [0.5, 0.6) is 11.5 Å². The number of hydrogen-bond acceptors (Lipinski definition) is 6. The number of anilines is 1. The van der Waals surface area contributed by atoms with E-state index in [0.717, 1.165) is 11.4 Å². The Kier molecular flexibility index (Phi) is 6.07. The Balaban J connectivity index is 1.25. The van der Waals surface area contributed by atoms with Crippen molar-refractivity contribution < 1.29 is 28.2 Å². The number of imide groups is 1. The Bertz CT molecular complexity index is 1210. The van der Waals surface area contributed by atoms with Crippen LogP contribution in [0.15, 0.2) is 59.7 Å². The van der Waals surface area contributed by atoms with Gasteiger partial charge in [-0.15, -0.1) is 0 Å². The molecule has 0 unspecified atom stereocenters. The number of nitrogens with zero attached hydrogens (tertiary/aromatic N) is 2. The van der Waals surface area contributed by atoms with Crippen LogP contribution in [0.4, 0.5) is 10.1 Å². The molecule has 1 saturated heterocycles. The molecule has 1 heterocycles. The zero-order valence-electron chi connectivity index (χ0n) is 19.0. The molecule has 35 heavy (non-hydrogen) atoms. The first-order chi connectivity index (χ1) is 17.0. The van der Waals surface area contributed by atoms with Crippen molar-refractivity contribution in [2.24, 2.45) is 28.8 Å². The molecule has 1 aliphatic heterocycles. The van der Waals surface area contributed by atoms with Crippen LogP contribution in [0.2, 0.25) is 0 Å². The Labute approximate surface area is 201 Å². The van der Waals surface area contributed by atoms with E-state index < -0.39 is 11.7 Å². The first-order valence-corrected chi connectivity index (χ1v) is 11.5. The molecule has 8 nitrogen and oxygen atoms in total. The molecule has 2 aromatic carbocycles. The Morgan fingerprint density at radius 1 is 1.09 bits per heavy atom. The van der Waals surface area contributed by atoms with E-state index in [1.54, 1.807) is 31.2 Å². The van der Waals surface area contributed by atoms with Gasteiger partial charge in [-0.1, -0.05) is 24.3 Å². The van der Waals surface area contributed by atoms with Gasteiger partial charge in [-0.05, 0) is 61.1 Å². The highest BCUT2D eigenvalue weighted by atomic mass is 19.1. The van der Waals surface area contributed by atoms with Gasteiger partial charge >= 0.3 is 0 Å². The average molecular weight is 477 g/mol. The number of rotatable bonds is 8. The summed E-state index contributed by atoms with van der Waals surface area (Å²) in [5, 5.41) is 7.62. The third-order valence-electron chi connectivity index (χ3n) is 6.54. The lowest BCUT2D eigenvalue weighted by Crippen LogP contribution is -2.28. The van der Waals surface area contributed by atoms with Crippen LogP contribution in [0, 0.1) is 29.5 Å². The molecule has 1 N–H and O–H groups in total. The number of allylic oxidation sites excluding steroid dienone is 2. The molecule has 2 aromatic rings. The molecule has 0 aromatic heterocycles. The third kappa shape index (κ3) is 4.29. The lowest BCUT2D eigenvalue weighted by atomic mass is 9.85. The topological polar surface area (TPSA) is 97.3 Å². The summed E-state index contributed by atoms with van der Waals surface area (Å²) >= 11 is 0. The van der Waals surface area contributed by atoms with E-state index in [4.69, 9.17) is 9.47 Å². The number of benzene rings is 2. The van der Waals surface area contributed by atoms with Crippen molar-refractivity contribution >= 4 is 29.6 Å². The quantitative estimate of drug-likeness (QED) is 0.357. The summed E-state index contributed by atoms with van der Waals surface area (Å²) in [5.74, 6) is -1.24. The van der Waals surface area contributed by atoms with Crippen LogP contribution < -0.4 is 14.8 Å².